The molecule has 0 aliphatic carbocycles. The summed E-state index contributed by atoms with van der Waals surface area (Å²) in [5.74, 6) is 1.66. The third-order valence-electron chi connectivity index (χ3n) is 3.62. The van der Waals surface area contributed by atoms with Crippen LogP contribution < -0.4 is 5.32 Å². The van der Waals surface area contributed by atoms with Gasteiger partial charge in [-0.3, -0.25) is 0 Å². The molecule has 0 radical (unpaired) electrons. The van der Waals surface area contributed by atoms with Crippen molar-refractivity contribution in [2.75, 3.05) is 6.54 Å². The average Bonchev–Trinajstić information content (AvgIpc) is 3.05. The molecule has 0 fully saturated rings. The lowest BCUT2D eigenvalue weighted by Crippen LogP contribution is -2.43. The van der Waals surface area contributed by atoms with Crippen molar-refractivity contribution in [3.8, 4) is 0 Å². The first-order valence-electron chi connectivity index (χ1n) is 6.80. The molecule has 4 nitrogen and oxygen atoms in total. The van der Waals surface area contributed by atoms with E-state index in [1.165, 1.54) is 10.4 Å². The normalized spacial score (nSPS) is 15.8. The van der Waals surface area contributed by atoms with Gasteiger partial charge in [0.25, 0.3) is 0 Å². The molecule has 106 valence electrons. The summed E-state index contributed by atoms with van der Waals surface area (Å²) in [6.45, 7) is 5.33. The molecule has 5 heteroatoms. The van der Waals surface area contributed by atoms with Gasteiger partial charge in [-0.1, -0.05) is 0 Å². The van der Waals surface area contributed by atoms with Gasteiger partial charge in [0.2, 0.25) is 0 Å². The standard InChI is InChI=1S/C15H18N2O2S/c1-10-3-4-13(19-10)11(2)16-15(18)17-7-5-14-12(9-17)6-8-20-14/h3-4,6,8,11H,5,7,9H2,1-2H3,(H,16,18). The Morgan fingerprint density at radius 1 is 1.45 bits per heavy atom. The number of amides is 2. The summed E-state index contributed by atoms with van der Waals surface area (Å²) in [5.41, 5.74) is 1.28. The quantitative estimate of drug-likeness (QED) is 0.920. The Balaban J connectivity index is 1.63. The summed E-state index contributed by atoms with van der Waals surface area (Å²) in [6, 6.07) is 5.80. The Morgan fingerprint density at radius 3 is 3.05 bits per heavy atom. The van der Waals surface area contributed by atoms with Crippen molar-refractivity contribution in [2.24, 2.45) is 0 Å². The second-order valence-corrected chi connectivity index (χ2v) is 6.16. The van der Waals surface area contributed by atoms with Gasteiger partial charge in [0.05, 0.1) is 6.04 Å². The molecule has 1 N–H and O–H groups in total. The first-order valence-corrected chi connectivity index (χ1v) is 7.68. The van der Waals surface area contributed by atoms with Crippen molar-refractivity contribution in [1.29, 1.82) is 0 Å². The Hall–Kier alpha value is -1.75. The van der Waals surface area contributed by atoms with Crippen LogP contribution >= 0.6 is 11.3 Å². The maximum absolute atomic E-state index is 12.3. The largest absolute Gasteiger partial charge is 0.464 e. The summed E-state index contributed by atoms with van der Waals surface area (Å²) < 4.78 is 5.55. The summed E-state index contributed by atoms with van der Waals surface area (Å²) in [7, 11) is 0. The summed E-state index contributed by atoms with van der Waals surface area (Å²) in [5, 5.41) is 5.10. The van der Waals surface area contributed by atoms with Gasteiger partial charge < -0.3 is 14.6 Å². The van der Waals surface area contributed by atoms with Gasteiger partial charge in [-0.2, -0.15) is 0 Å². The zero-order valence-corrected chi connectivity index (χ0v) is 12.5. The summed E-state index contributed by atoms with van der Waals surface area (Å²) in [6.07, 6.45) is 0.953. The first kappa shape index (κ1) is 13.2. The van der Waals surface area contributed by atoms with Crippen molar-refractivity contribution in [3.63, 3.8) is 0 Å². The van der Waals surface area contributed by atoms with E-state index in [1.807, 2.05) is 30.9 Å². The van der Waals surface area contributed by atoms with E-state index in [-0.39, 0.29) is 12.1 Å². The van der Waals surface area contributed by atoms with Gasteiger partial charge in [0, 0.05) is 18.0 Å². The Labute approximate surface area is 122 Å². The van der Waals surface area contributed by atoms with Gasteiger partial charge in [0.15, 0.2) is 0 Å². The number of nitrogens with zero attached hydrogens (tertiary/aromatic N) is 1. The van der Waals surface area contributed by atoms with Gasteiger partial charge in [-0.05, 0) is 49.4 Å². The lowest BCUT2D eigenvalue weighted by Gasteiger charge is -2.28. The number of carbonyl (C=O) groups is 1. The maximum atomic E-state index is 12.3. The van der Waals surface area contributed by atoms with Gasteiger partial charge in [-0.25, -0.2) is 4.79 Å². The van der Waals surface area contributed by atoms with Crippen LogP contribution in [0.25, 0.3) is 0 Å². The molecule has 2 aromatic rings. The third kappa shape index (κ3) is 2.58. The number of urea groups is 1. The topological polar surface area (TPSA) is 45.5 Å². The minimum Gasteiger partial charge on any atom is -0.464 e. The molecule has 0 spiro atoms. The number of furan rings is 1. The predicted molar refractivity (Wildman–Crippen MR) is 78.8 cm³/mol. The van der Waals surface area contributed by atoms with Crippen LogP contribution in [0.2, 0.25) is 0 Å². The molecule has 0 saturated carbocycles. The van der Waals surface area contributed by atoms with E-state index in [0.717, 1.165) is 24.5 Å². The molecule has 20 heavy (non-hydrogen) atoms. The van der Waals surface area contributed by atoms with Crippen LogP contribution in [0.1, 0.15) is 34.9 Å². The SMILES string of the molecule is Cc1ccc(C(C)NC(=O)N2CCc3sccc3C2)o1. The van der Waals surface area contributed by atoms with E-state index in [4.69, 9.17) is 4.42 Å². The molecule has 0 bridgehead atoms. The number of fused-ring (bicyclic) bond motifs is 1. The second-order valence-electron chi connectivity index (χ2n) is 5.16. The van der Waals surface area contributed by atoms with Crippen molar-refractivity contribution >= 4 is 17.4 Å². The smallest absolute Gasteiger partial charge is 0.318 e. The Bertz CT molecular complexity index is 617. The number of rotatable bonds is 2. The molecule has 3 rings (SSSR count). The second kappa shape index (κ2) is 5.32. The van der Waals surface area contributed by atoms with Gasteiger partial charge >= 0.3 is 6.03 Å². The third-order valence-corrected chi connectivity index (χ3v) is 4.65. The fourth-order valence-corrected chi connectivity index (χ4v) is 3.35. The van der Waals surface area contributed by atoms with E-state index >= 15 is 0 Å². The van der Waals surface area contributed by atoms with Gasteiger partial charge in [0.1, 0.15) is 11.5 Å². The molecule has 0 saturated heterocycles. The van der Waals surface area contributed by atoms with E-state index < -0.39 is 0 Å². The van der Waals surface area contributed by atoms with Gasteiger partial charge in [-0.15, -0.1) is 11.3 Å². The Morgan fingerprint density at radius 2 is 2.30 bits per heavy atom. The monoisotopic (exact) mass is 290 g/mol. The average molecular weight is 290 g/mol. The minimum atomic E-state index is -0.111. The molecule has 3 heterocycles. The molecule has 1 aliphatic rings. The lowest BCUT2D eigenvalue weighted by molar-refractivity contribution is 0.188. The van der Waals surface area contributed by atoms with Crippen LogP contribution in [0.4, 0.5) is 4.79 Å². The molecule has 2 aromatic heterocycles. The van der Waals surface area contributed by atoms with E-state index in [0.29, 0.717) is 6.54 Å². The van der Waals surface area contributed by atoms with Crippen molar-refractivity contribution in [2.45, 2.75) is 32.9 Å². The molecule has 2 amide bonds. The first-order chi connectivity index (χ1) is 9.63. The van der Waals surface area contributed by atoms with E-state index in [1.54, 1.807) is 11.3 Å². The number of hydrogen-bond donors (Lipinski definition) is 1. The zero-order chi connectivity index (χ0) is 14.1. The highest BCUT2D eigenvalue weighted by Gasteiger charge is 2.23. The molecule has 0 aromatic carbocycles. The minimum absolute atomic E-state index is 0.0246. The maximum Gasteiger partial charge on any atom is 0.318 e. The molecule has 1 atom stereocenters. The van der Waals surface area contributed by atoms with Crippen LogP contribution in [0.15, 0.2) is 28.0 Å². The molecule has 1 unspecified atom stereocenters. The highest BCUT2D eigenvalue weighted by atomic mass is 32.1. The van der Waals surface area contributed by atoms with Crippen molar-refractivity contribution in [1.82, 2.24) is 10.2 Å². The van der Waals surface area contributed by atoms with Crippen LogP contribution in [-0.4, -0.2) is 17.5 Å². The summed E-state index contributed by atoms with van der Waals surface area (Å²) >= 11 is 1.78. The number of nitrogens with one attached hydrogen (secondary N) is 1. The number of thiophene rings is 1. The van der Waals surface area contributed by atoms with E-state index in [9.17, 15) is 4.79 Å². The fraction of sp³-hybridized carbons (Fsp3) is 0.400. The van der Waals surface area contributed by atoms with Crippen LogP contribution in [0.3, 0.4) is 0 Å². The zero-order valence-electron chi connectivity index (χ0n) is 11.7. The molecule has 1 aliphatic heterocycles. The van der Waals surface area contributed by atoms with Crippen LogP contribution in [0, 0.1) is 6.92 Å². The number of aryl methyl sites for hydroxylation is 1. The number of carbonyl (C=O) groups excluding carboxylic acids is 1. The van der Waals surface area contributed by atoms with Crippen LogP contribution in [0.5, 0.6) is 0 Å². The number of hydrogen-bond acceptors (Lipinski definition) is 3. The Kier molecular flexibility index (Phi) is 3.53. The van der Waals surface area contributed by atoms with Crippen molar-refractivity contribution < 1.29 is 9.21 Å². The molecular weight excluding hydrogens is 272 g/mol. The predicted octanol–water partition coefficient (Wildman–Crippen LogP) is 3.48. The summed E-state index contributed by atoms with van der Waals surface area (Å²) in [4.78, 5) is 15.6. The highest BCUT2D eigenvalue weighted by Crippen LogP contribution is 2.24. The fourth-order valence-electron chi connectivity index (χ4n) is 2.46. The highest BCUT2D eigenvalue weighted by molar-refractivity contribution is 7.10. The van der Waals surface area contributed by atoms with Crippen molar-refractivity contribution in [3.05, 3.63) is 45.5 Å². The van der Waals surface area contributed by atoms with E-state index in [2.05, 4.69) is 16.8 Å². The molecular formula is C15H18N2O2S. The van der Waals surface area contributed by atoms with Crippen LogP contribution in [-0.2, 0) is 13.0 Å². The lowest BCUT2D eigenvalue weighted by atomic mass is 10.1.